The maximum absolute atomic E-state index is 13.3. The molecule has 216 valence electrons. The first-order valence-electron chi connectivity index (χ1n) is 14.8. The second-order valence-corrected chi connectivity index (χ2v) is 12.3. The molecule has 0 radical (unpaired) electrons. The monoisotopic (exact) mass is 546 g/mol. The minimum absolute atomic E-state index is 0.139. The van der Waals surface area contributed by atoms with Crippen LogP contribution in [0.4, 0.5) is 4.79 Å². The Morgan fingerprint density at radius 1 is 1.00 bits per heavy atom. The minimum atomic E-state index is -0.557. The molecule has 2 aromatic carbocycles. The first-order chi connectivity index (χ1) is 19.2. The summed E-state index contributed by atoms with van der Waals surface area (Å²) in [5.74, 6) is 0.911. The average Bonchev–Trinajstić information content (AvgIpc) is 3.73. The number of esters is 1. The number of hydrogen-bond donors (Lipinski definition) is 1. The highest BCUT2D eigenvalue weighted by Crippen LogP contribution is 2.40. The zero-order valence-electron chi connectivity index (χ0n) is 24.8. The number of amides is 1. The topological polar surface area (TPSA) is 67.9 Å². The normalized spacial score (nSPS) is 22.9. The lowest BCUT2D eigenvalue weighted by molar-refractivity contribution is 0.00796. The molecule has 0 saturated heterocycles. The highest BCUT2D eigenvalue weighted by Gasteiger charge is 2.39. The van der Waals surface area contributed by atoms with Crippen LogP contribution in [0.2, 0.25) is 0 Å². The van der Waals surface area contributed by atoms with Crippen LogP contribution in [-0.4, -0.2) is 48.3 Å². The van der Waals surface area contributed by atoms with Crippen molar-refractivity contribution in [2.24, 2.45) is 11.8 Å². The molecule has 1 amide bonds. The Kier molecular flexibility index (Phi) is 10.1. The molecule has 1 N–H and O–H groups in total. The van der Waals surface area contributed by atoms with Gasteiger partial charge in [0.2, 0.25) is 0 Å². The van der Waals surface area contributed by atoms with Gasteiger partial charge in [0.15, 0.2) is 0 Å². The van der Waals surface area contributed by atoms with Crippen molar-refractivity contribution in [3.63, 3.8) is 0 Å². The summed E-state index contributed by atoms with van der Waals surface area (Å²) in [5.41, 5.74) is 3.75. The van der Waals surface area contributed by atoms with Gasteiger partial charge in [0.25, 0.3) is 0 Å². The van der Waals surface area contributed by atoms with Gasteiger partial charge in [0, 0.05) is 18.6 Å². The van der Waals surface area contributed by atoms with Crippen LogP contribution in [0, 0.1) is 11.8 Å². The van der Waals surface area contributed by atoms with Gasteiger partial charge in [-0.1, -0.05) is 61.0 Å². The van der Waals surface area contributed by atoms with Crippen molar-refractivity contribution < 1.29 is 19.1 Å². The van der Waals surface area contributed by atoms with Crippen LogP contribution < -0.4 is 5.32 Å². The molecular weight excluding hydrogens is 500 g/mol. The molecule has 4 rings (SSSR count). The molecule has 0 aromatic heterocycles. The number of nitrogens with one attached hydrogen (secondary N) is 1. The standard InChI is InChI=1S/C34H46N2O4/c1-6-27(20-24-10-8-7-9-11-24)30-21-31(30)35-22-25-14-18-29(19-15-25)36(33(38)40-34(2,3)4)23-26-12-16-28(17-13-26)32(37)39-5/h7-13,16-17,20,25,29-31,35H,6,14-15,18-19,21-23H2,1-5H3/b27-20+/t25-,29-,30?,31?. The first-order valence-corrected chi connectivity index (χ1v) is 14.8. The molecule has 6 heteroatoms. The zero-order valence-corrected chi connectivity index (χ0v) is 24.8. The average molecular weight is 547 g/mol. The van der Waals surface area contributed by atoms with Gasteiger partial charge in [-0.05, 0) is 101 Å². The van der Waals surface area contributed by atoms with E-state index in [1.807, 2.05) is 37.8 Å². The number of nitrogens with zero attached hydrogens (tertiary/aromatic N) is 1. The van der Waals surface area contributed by atoms with Gasteiger partial charge >= 0.3 is 12.1 Å². The summed E-state index contributed by atoms with van der Waals surface area (Å²) in [6, 6.07) is 18.6. The van der Waals surface area contributed by atoms with Gasteiger partial charge in [0.05, 0.1) is 12.7 Å². The van der Waals surface area contributed by atoms with Crippen molar-refractivity contribution in [3.05, 3.63) is 76.9 Å². The summed E-state index contributed by atoms with van der Waals surface area (Å²) < 4.78 is 10.6. The van der Waals surface area contributed by atoms with E-state index in [0.29, 0.717) is 30.0 Å². The van der Waals surface area contributed by atoms with Crippen molar-refractivity contribution in [1.82, 2.24) is 10.2 Å². The third kappa shape index (κ3) is 8.44. The quantitative estimate of drug-likeness (QED) is 0.318. The van der Waals surface area contributed by atoms with Gasteiger partial charge < -0.3 is 19.7 Å². The Labute approximate surface area is 240 Å². The Morgan fingerprint density at radius 3 is 2.27 bits per heavy atom. The van der Waals surface area contributed by atoms with Crippen molar-refractivity contribution in [1.29, 1.82) is 0 Å². The van der Waals surface area contributed by atoms with E-state index in [4.69, 9.17) is 9.47 Å². The Bertz CT molecular complexity index is 1140. The van der Waals surface area contributed by atoms with E-state index in [2.05, 4.69) is 48.6 Å². The summed E-state index contributed by atoms with van der Waals surface area (Å²) >= 11 is 0. The molecule has 0 spiro atoms. The van der Waals surface area contributed by atoms with Crippen molar-refractivity contribution in [2.75, 3.05) is 13.7 Å². The number of hydrogen-bond acceptors (Lipinski definition) is 5. The van der Waals surface area contributed by atoms with E-state index in [0.717, 1.165) is 44.2 Å². The molecule has 2 atom stereocenters. The van der Waals surface area contributed by atoms with Crippen LogP contribution in [-0.2, 0) is 16.0 Å². The smallest absolute Gasteiger partial charge is 0.410 e. The summed E-state index contributed by atoms with van der Waals surface area (Å²) in [7, 11) is 1.38. The lowest BCUT2D eigenvalue weighted by atomic mass is 9.85. The fraction of sp³-hybridized carbons (Fsp3) is 0.529. The number of benzene rings is 2. The molecule has 0 aliphatic heterocycles. The van der Waals surface area contributed by atoms with Crippen LogP contribution >= 0.6 is 0 Å². The van der Waals surface area contributed by atoms with Crippen molar-refractivity contribution in [3.8, 4) is 0 Å². The predicted octanol–water partition coefficient (Wildman–Crippen LogP) is 7.24. The molecule has 2 aliphatic rings. The maximum Gasteiger partial charge on any atom is 0.410 e. The molecule has 2 saturated carbocycles. The molecule has 2 aromatic rings. The fourth-order valence-electron chi connectivity index (χ4n) is 5.77. The molecule has 0 bridgehead atoms. The number of carbonyl (C=O) groups is 2. The highest BCUT2D eigenvalue weighted by atomic mass is 16.6. The number of ether oxygens (including phenoxy) is 2. The largest absolute Gasteiger partial charge is 0.465 e. The Balaban J connectivity index is 1.30. The zero-order chi connectivity index (χ0) is 28.7. The van der Waals surface area contributed by atoms with Gasteiger partial charge in [-0.2, -0.15) is 0 Å². The molecule has 6 nitrogen and oxygen atoms in total. The Morgan fingerprint density at radius 2 is 1.68 bits per heavy atom. The lowest BCUT2D eigenvalue weighted by Crippen LogP contribution is -2.45. The summed E-state index contributed by atoms with van der Waals surface area (Å²) in [6.45, 7) is 9.47. The predicted molar refractivity (Wildman–Crippen MR) is 160 cm³/mol. The van der Waals surface area contributed by atoms with Crippen molar-refractivity contribution >= 4 is 18.1 Å². The van der Waals surface area contributed by atoms with E-state index >= 15 is 0 Å². The van der Waals surface area contributed by atoms with E-state index in [9.17, 15) is 9.59 Å². The molecular formula is C34H46N2O4. The van der Waals surface area contributed by atoms with Crippen LogP contribution in [0.15, 0.2) is 60.2 Å². The summed E-state index contributed by atoms with van der Waals surface area (Å²) in [4.78, 5) is 27.0. The lowest BCUT2D eigenvalue weighted by Gasteiger charge is -2.38. The second kappa shape index (κ2) is 13.5. The highest BCUT2D eigenvalue weighted by molar-refractivity contribution is 5.89. The molecule has 2 fully saturated rings. The molecule has 2 unspecified atom stereocenters. The minimum Gasteiger partial charge on any atom is -0.465 e. The van der Waals surface area contributed by atoms with Crippen LogP contribution in [0.5, 0.6) is 0 Å². The van der Waals surface area contributed by atoms with Gasteiger partial charge in [-0.3, -0.25) is 0 Å². The number of carbonyl (C=O) groups excluding carboxylic acids is 2. The van der Waals surface area contributed by atoms with Gasteiger partial charge in [-0.15, -0.1) is 0 Å². The van der Waals surface area contributed by atoms with Crippen molar-refractivity contribution in [2.45, 2.75) is 90.4 Å². The summed E-state index contributed by atoms with van der Waals surface area (Å²) in [5, 5.41) is 3.85. The number of methoxy groups -OCH3 is 1. The van der Waals surface area contributed by atoms with E-state index in [1.54, 1.807) is 17.7 Å². The van der Waals surface area contributed by atoms with Crippen LogP contribution in [0.25, 0.3) is 6.08 Å². The second-order valence-electron chi connectivity index (χ2n) is 12.3. The molecule has 2 aliphatic carbocycles. The Hall–Kier alpha value is -3.12. The van der Waals surface area contributed by atoms with Gasteiger partial charge in [0.1, 0.15) is 5.60 Å². The van der Waals surface area contributed by atoms with E-state index in [1.165, 1.54) is 19.1 Å². The van der Waals surface area contributed by atoms with Gasteiger partial charge in [-0.25, -0.2) is 9.59 Å². The first kappa shape index (κ1) is 29.9. The van der Waals surface area contributed by atoms with Crippen LogP contribution in [0.1, 0.15) is 87.7 Å². The summed E-state index contributed by atoms with van der Waals surface area (Å²) in [6.07, 6.45) is 8.53. The SMILES string of the molecule is CC/C(=C\c1ccccc1)C1CC1NC[C@H]1CC[C@H](N(Cc2ccc(C(=O)OC)cc2)C(=O)OC(C)(C)C)CC1. The van der Waals surface area contributed by atoms with Crippen LogP contribution in [0.3, 0.4) is 0 Å². The third-order valence-electron chi connectivity index (χ3n) is 8.11. The fourth-order valence-corrected chi connectivity index (χ4v) is 5.77. The maximum atomic E-state index is 13.3. The molecule has 40 heavy (non-hydrogen) atoms. The number of rotatable bonds is 10. The van der Waals surface area contributed by atoms with E-state index in [-0.39, 0.29) is 18.1 Å². The van der Waals surface area contributed by atoms with E-state index < -0.39 is 5.60 Å². The third-order valence-corrected chi connectivity index (χ3v) is 8.11. The molecule has 0 heterocycles.